The molecule has 0 radical (unpaired) electrons. The second-order valence-corrected chi connectivity index (χ2v) is 3.67. The maximum Gasteiger partial charge on any atom is 0.404 e. The zero-order chi connectivity index (χ0) is 11.0. The summed E-state index contributed by atoms with van der Waals surface area (Å²) in [4.78, 5) is 10.1. The lowest BCUT2D eigenvalue weighted by Crippen LogP contribution is -2.34. The molecule has 5 nitrogen and oxygen atoms in total. The summed E-state index contributed by atoms with van der Waals surface area (Å²) in [6.07, 6.45) is -0.284. The number of nitrogens with one attached hydrogen (secondary N) is 2. The van der Waals surface area contributed by atoms with Gasteiger partial charge < -0.3 is 15.5 Å². The molecular weight excluding hydrogens is 184 g/mol. The van der Waals surface area contributed by atoms with Gasteiger partial charge in [0.1, 0.15) is 6.23 Å². The minimum Gasteiger partial charge on any atom is -0.465 e. The van der Waals surface area contributed by atoms with Crippen molar-refractivity contribution in [3.05, 3.63) is 0 Å². The summed E-state index contributed by atoms with van der Waals surface area (Å²) in [5.74, 6) is 0.604. The molecule has 4 N–H and O–H groups in total. The summed E-state index contributed by atoms with van der Waals surface area (Å²) < 4.78 is 0. The van der Waals surface area contributed by atoms with E-state index in [0.717, 1.165) is 13.0 Å². The van der Waals surface area contributed by atoms with Crippen LogP contribution in [0.5, 0.6) is 0 Å². The predicted octanol–water partition coefficient (Wildman–Crippen LogP) is 0.598. The van der Waals surface area contributed by atoms with Gasteiger partial charge in [0.2, 0.25) is 0 Å². The van der Waals surface area contributed by atoms with E-state index in [1.807, 2.05) is 0 Å². The molecule has 0 aromatic carbocycles. The van der Waals surface area contributed by atoms with Crippen LogP contribution in [0.25, 0.3) is 0 Å². The minimum atomic E-state index is -1.06. The molecule has 0 aromatic heterocycles. The van der Waals surface area contributed by atoms with Crippen molar-refractivity contribution >= 4 is 6.09 Å². The first-order valence-corrected chi connectivity index (χ1v) is 4.90. The Kier molecular flexibility index (Phi) is 7.14. The summed E-state index contributed by atoms with van der Waals surface area (Å²) in [6.45, 7) is 5.25. The maximum atomic E-state index is 10.1. The van der Waals surface area contributed by atoms with Crippen LogP contribution in [0.4, 0.5) is 4.79 Å². The molecular formula is C9H20N2O3. The molecule has 0 rings (SSSR count). The molecule has 0 saturated heterocycles. The van der Waals surface area contributed by atoms with E-state index in [9.17, 15) is 9.90 Å². The molecule has 0 spiro atoms. The van der Waals surface area contributed by atoms with E-state index < -0.39 is 12.3 Å². The standard InChI is InChI=1S/C9H20N2O3/c1-7(2)3-5-10-8(12)4-6-11-9(13)14/h7-8,10-12H,3-6H2,1-2H3,(H,13,14). The number of hydrogen-bond acceptors (Lipinski definition) is 3. The second kappa shape index (κ2) is 7.58. The number of aliphatic hydroxyl groups excluding tert-OH is 1. The Morgan fingerprint density at radius 2 is 1.93 bits per heavy atom. The van der Waals surface area contributed by atoms with Crippen molar-refractivity contribution in [3.8, 4) is 0 Å². The predicted molar refractivity (Wildman–Crippen MR) is 54.1 cm³/mol. The molecule has 0 bridgehead atoms. The van der Waals surface area contributed by atoms with Gasteiger partial charge in [0.05, 0.1) is 0 Å². The molecule has 84 valence electrons. The number of aliphatic hydroxyl groups is 1. The van der Waals surface area contributed by atoms with Gasteiger partial charge in [0.25, 0.3) is 0 Å². The lowest BCUT2D eigenvalue weighted by molar-refractivity contribution is 0.125. The third kappa shape index (κ3) is 9.28. The largest absolute Gasteiger partial charge is 0.465 e. The number of amides is 1. The van der Waals surface area contributed by atoms with Crippen molar-refractivity contribution in [2.45, 2.75) is 32.9 Å². The number of rotatable bonds is 7. The average Bonchev–Trinajstić information content (AvgIpc) is 2.02. The van der Waals surface area contributed by atoms with Crippen molar-refractivity contribution in [1.82, 2.24) is 10.6 Å². The fourth-order valence-electron chi connectivity index (χ4n) is 0.957. The lowest BCUT2D eigenvalue weighted by atomic mass is 10.1. The quantitative estimate of drug-likeness (QED) is 0.458. The van der Waals surface area contributed by atoms with E-state index in [1.165, 1.54) is 0 Å². The van der Waals surface area contributed by atoms with Crippen LogP contribution in [-0.2, 0) is 0 Å². The highest BCUT2D eigenvalue weighted by Crippen LogP contribution is 1.97. The molecule has 0 aliphatic heterocycles. The maximum absolute atomic E-state index is 10.1. The van der Waals surface area contributed by atoms with Crippen LogP contribution in [0.2, 0.25) is 0 Å². The zero-order valence-corrected chi connectivity index (χ0v) is 8.79. The molecule has 0 heterocycles. The van der Waals surface area contributed by atoms with Crippen LogP contribution < -0.4 is 10.6 Å². The molecule has 5 heteroatoms. The SMILES string of the molecule is CC(C)CCNC(O)CCNC(=O)O. The van der Waals surface area contributed by atoms with Crippen LogP contribution in [-0.4, -0.2) is 35.6 Å². The highest BCUT2D eigenvalue weighted by molar-refractivity contribution is 5.64. The summed E-state index contributed by atoms with van der Waals surface area (Å²) >= 11 is 0. The number of carbonyl (C=O) groups is 1. The van der Waals surface area contributed by atoms with Crippen LogP contribution in [0.1, 0.15) is 26.7 Å². The van der Waals surface area contributed by atoms with Gasteiger partial charge in [0.15, 0.2) is 0 Å². The molecule has 0 fully saturated rings. The Morgan fingerprint density at radius 1 is 1.29 bits per heavy atom. The normalized spacial score (nSPS) is 12.9. The van der Waals surface area contributed by atoms with Gasteiger partial charge in [-0.25, -0.2) is 4.79 Å². The van der Waals surface area contributed by atoms with Gasteiger partial charge in [-0.3, -0.25) is 5.32 Å². The van der Waals surface area contributed by atoms with E-state index in [-0.39, 0.29) is 6.54 Å². The Bertz CT molecular complexity index is 162. The van der Waals surface area contributed by atoms with E-state index in [0.29, 0.717) is 12.3 Å². The number of hydrogen-bond donors (Lipinski definition) is 4. The van der Waals surface area contributed by atoms with Crippen molar-refractivity contribution in [2.24, 2.45) is 5.92 Å². The highest BCUT2D eigenvalue weighted by atomic mass is 16.4. The first kappa shape index (κ1) is 13.2. The summed E-state index contributed by atoms with van der Waals surface area (Å²) in [5.41, 5.74) is 0. The molecule has 1 unspecified atom stereocenters. The Labute approximate surface area is 84.5 Å². The molecule has 14 heavy (non-hydrogen) atoms. The van der Waals surface area contributed by atoms with Crippen molar-refractivity contribution < 1.29 is 15.0 Å². The second-order valence-electron chi connectivity index (χ2n) is 3.67. The Balaban J connectivity index is 3.27. The van der Waals surface area contributed by atoms with Gasteiger partial charge >= 0.3 is 6.09 Å². The summed E-state index contributed by atoms with van der Waals surface area (Å²) in [7, 11) is 0. The summed E-state index contributed by atoms with van der Waals surface area (Å²) in [5, 5.41) is 22.7. The number of carboxylic acid groups (broad SMARTS) is 1. The smallest absolute Gasteiger partial charge is 0.404 e. The van der Waals surface area contributed by atoms with Crippen molar-refractivity contribution in [3.63, 3.8) is 0 Å². The first-order chi connectivity index (χ1) is 6.52. The fraction of sp³-hybridized carbons (Fsp3) is 0.889. The van der Waals surface area contributed by atoms with Crippen molar-refractivity contribution in [1.29, 1.82) is 0 Å². The molecule has 1 atom stereocenters. The van der Waals surface area contributed by atoms with Crippen LogP contribution in [0.3, 0.4) is 0 Å². The molecule has 0 aromatic rings. The average molecular weight is 204 g/mol. The third-order valence-corrected chi connectivity index (χ3v) is 1.80. The molecule has 0 aliphatic carbocycles. The van der Waals surface area contributed by atoms with Gasteiger partial charge in [0, 0.05) is 13.0 Å². The van der Waals surface area contributed by atoms with Gasteiger partial charge in [-0.1, -0.05) is 13.8 Å². The van der Waals surface area contributed by atoms with E-state index in [4.69, 9.17) is 5.11 Å². The minimum absolute atomic E-state index is 0.269. The Hall–Kier alpha value is -0.810. The van der Waals surface area contributed by atoms with Gasteiger partial charge in [-0.05, 0) is 18.9 Å². The fourth-order valence-corrected chi connectivity index (χ4v) is 0.957. The van der Waals surface area contributed by atoms with Crippen molar-refractivity contribution in [2.75, 3.05) is 13.1 Å². The van der Waals surface area contributed by atoms with Gasteiger partial charge in [-0.2, -0.15) is 0 Å². The molecule has 0 saturated carbocycles. The van der Waals surface area contributed by atoms with Gasteiger partial charge in [-0.15, -0.1) is 0 Å². The summed E-state index contributed by atoms with van der Waals surface area (Å²) in [6, 6.07) is 0. The van der Waals surface area contributed by atoms with Crippen LogP contribution in [0.15, 0.2) is 0 Å². The Morgan fingerprint density at radius 3 is 2.43 bits per heavy atom. The third-order valence-electron chi connectivity index (χ3n) is 1.80. The highest BCUT2D eigenvalue weighted by Gasteiger charge is 2.03. The molecule has 1 amide bonds. The zero-order valence-electron chi connectivity index (χ0n) is 8.79. The van der Waals surface area contributed by atoms with E-state index in [1.54, 1.807) is 0 Å². The first-order valence-electron chi connectivity index (χ1n) is 4.90. The molecule has 0 aliphatic rings. The lowest BCUT2D eigenvalue weighted by Gasteiger charge is -2.13. The monoisotopic (exact) mass is 204 g/mol. The van der Waals surface area contributed by atoms with E-state index >= 15 is 0 Å². The topological polar surface area (TPSA) is 81.6 Å². The van der Waals surface area contributed by atoms with Crippen LogP contribution in [0, 0.1) is 5.92 Å². The van der Waals surface area contributed by atoms with E-state index in [2.05, 4.69) is 24.5 Å². The van der Waals surface area contributed by atoms with Crippen LogP contribution >= 0.6 is 0 Å².